The summed E-state index contributed by atoms with van der Waals surface area (Å²) < 4.78 is 5.66. The summed E-state index contributed by atoms with van der Waals surface area (Å²) >= 11 is 0. The molecule has 0 amide bonds. The summed E-state index contributed by atoms with van der Waals surface area (Å²) in [6, 6.07) is 9.06. The van der Waals surface area contributed by atoms with E-state index in [-0.39, 0.29) is 0 Å². The van der Waals surface area contributed by atoms with Gasteiger partial charge in [-0.1, -0.05) is 25.1 Å². The zero-order valence-electron chi connectivity index (χ0n) is 13.6. The van der Waals surface area contributed by atoms with Gasteiger partial charge in [0.05, 0.1) is 5.56 Å². The molecule has 2 aliphatic heterocycles. The van der Waals surface area contributed by atoms with Crippen LogP contribution in [0.5, 0.6) is 0 Å². The second-order valence-corrected chi connectivity index (χ2v) is 6.62. The molecule has 0 unspecified atom stereocenters. The lowest BCUT2D eigenvalue weighted by atomic mass is 9.74. The van der Waals surface area contributed by atoms with Crippen LogP contribution in [0, 0.1) is 5.92 Å². The van der Waals surface area contributed by atoms with Crippen LogP contribution >= 0.6 is 0 Å². The van der Waals surface area contributed by atoms with Crippen LogP contribution in [0.25, 0.3) is 0 Å². The molecule has 0 spiro atoms. The molecular weight excluding hydrogens is 294 g/mol. The van der Waals surface area contributed by atoms with E-state index in [1.54, 1.807) is 24.3 Å². The number of benzene rings is 1. The molecule has 0 aromatic heterocycles. The third-order valence-electron chi connectivity index (χ3n) is 5.76. The Morgan fingerprint density at radius 1 is 1.35 bits per heavy atom. The Kier molecular flexibility index (Phi) is 4.15. The van der Waals surface area contributed by atoms with E-state index in [9.17, 15) is 14.7 Å². The van der Waals surface area contributed by atoms with Crippen molar-refractivity contribution in [1.82, 2.24) is 4.90 Å². The molecule has 4 atom stereocenters. The molecule has 2 heterocycles. The first kappa shape index (κ1) is 16.0. The molecule has 5 heteroatoms. The summed E-state index contributed by atoms with van der Waals surface area (Å²) in [5, 5.41) is 9.81. The fourth-order valence-electron chi connectivity index (χ4n) is 4.48. The number of aliphatic carboxylic acids is 1. The minimum Gasteiger partial charge on any atom is -0.481 e. The zero-order valence-corrected chi connectivity index (χ0v) is 13.6. The van der Waals surface area contributed by atoms with Gasteiger partial charge < -0.3 is 9.84 Å². The van der Waals surface area contributed by atoms with Gasteiger partial charge in [0.15, 0.2) is 0 Å². The van der Waals surface area contributed by atoms with Crippen molar-refractivity contribution < 1.29 is 19.4 Å². The molecule has 1 aromatic rings. The van der Waals surface area contributed by atoms with Gasteiger partial charge >= 0.3 is 11.9 Å². The van der Waals surface area contributed by atoms with E-state index in [2.05, 4.69) is 4.90 Å². The smallest absolute Gasteiger partial charge is 0.338 e. The van der Waals surface area contributed by atoms with Crippen LogP contribution in [-0.2, 0) is 9.53 Å². The average molecular weight is 317 g/mol. The van der Waals surface area contributed by atoms with Gasteiger partial charge in [-0.3, -0.25) is 9.69 Å². The van der Waals surface area contributed by atoms with Crippen molar-refractivity contribution in [2.75, 3.05) is 7.05 Å². The standard InChI is InChI=1S/C18H23NO4/c1-3-18-10-9-13(19(18)2)11-14(15(18)16(20)21)23-17(22)12-7-5-4-6-8-12/h4-8,13-15H,3,9-11H2,1-2H3,(H,20,21)/t13-,14-,15+,18+/m0/s1. The minimum absolute atomic E-state index is 0.291. The number of carbonyl (C=O) groups is 2. The molecule has 0 saturated carbocycles. The molecular formula is C18H23NO4. The van der Waals surface area contributed by atoms with Gasteiger partial charge in [0.25, 0.3) is 0 Å². The van der Waals surface area contributed by atoms with Gasteiger partial charge in [-0.25, -0.2) is 4.79 Å². The number of ether oxygens (including phenoxy) is 1. The molecule has 23 heavy (non-hydrogen) atoms. The molecule has 1 N–H and O–H groups in total. The Balaban J connectivity index is 1.87. The van der Waals surface area contributed by atoms with Crippen molar-refractivity contribution >= 4 is 11.9 Å². The second-order valence-electron chi connectivity index (χ2n) is 6.62. The lowest BCUT2D eigenvalue weighted by Gasteiger charge is -2.49. The van der Waals surface area contributed by atoms with Crippen LogP contribution < -0.4 is 0 Å². The summed E-state index contributed by atoms with van der Waals surface area (Å²) in [5.74, 6) is -1.98. The number of carbonyl (C=O) groups excluding carboxylic acids is 1. The molecule has 2 saturated heterocycles. The van der Waals surface area contributed by atoms with E-state index in [1.807, 2.05) is 20.0 Å². The van der Waals surface area contributed by atoms with Crippen molar-refractivity contribution in [2.45, 2.75) is 50.3 Å². The van der Waals surface area contributed by atoms with E-state index < -0.39 is 29.5 Å². The van der Waals surface area contributed by atoms with E-state index in [0.717, 1.165) is 19.3 Å². The monoisotopic (exact) mass is 317 g/mol. The van der Waals surface area contributed by atoms with Crippen molar-refractivity contribution in [3.63, 3.8) is 0 Å². The van der Waals surface area contributed by atoms with E-state index in [4.69, 9.17) is 4.74 Å². The molecule has 2 bridgehead atoms. The molecule has 124 valence electrons. The SMILES string of the molecule is CC[C@@]12CC[C@@H](C[C@H](OC(=O)c3ccccc3)[C@@H]1C(=O)O)N2C. The van der Waals surface area contributed by atoms with Crippen LogP contribution in [0.15, 0.2) is 30.3 Å². The van der Waals surface area contributed by atoms with E-state index in [0.29, 0.717) is 18.0 Å². The van der Waals surface area contributed by atoms with Crippen molar-refractivity contribution in [2.24, 2.45) is 5.92 Å². The van der Waals surface area contributed by atoms with Crippen LogP contribution in [0.3, 0.4) is 0 Å². The molecule has 0 aliphatic carbocycles. The minimum atomic E-state index is -0.870. The predicted octanol–water partition coefficient (Wildman–Crippen LogP) is 2.56. The van der Waals surface area contributed by atoms with Crippen molar-refractivity contribution in [3.05, 3.63) is 35.9 Å². The maximum absolute atomic E-state index is 12.4. The first-order chi connectivity index (χ1) is 11.0. The Morgan fingerprint density at radius 2 is 2.04 bits per heavy atom. The topological polar surface area (TPSA) is 66.8 Å². The predicted molar refractivity (Wildman–Crippen MR) is 85.2 cm³/mol. The first-order valence-corrected chi connectivity index (χ1v) is 8.21. The molecule has 2 fully saturated rings. The number of carboxylic acids is 1. The highest BCUT2D eigenvalue weighted by Crippen LogP contribution is 2.49. The fourth-order valence-corrected chi connectivity index (χ4v) is 4.48. The molecule has 2 aliphatic rings. The number of piperidine rings is 1. The van der Waals surface area contributed by atoms with Crippen molar-refractivity contribution in [3.8, 4) is 0 Å². The number of esters is 1. The normalized spacial score (nSPS) is 33.4. The van der Waals surface area contributed by atoms with Gasteiger partial charge in [-0.05, 0) is 38.4 Å². The highest BCUT2D eigenvalue weighted by molar-refractivity contribution is 5.89. The Morgan fingerprint density at radius 3 is 2.65 bits per heavy atom. The van der Waals surface area contributed by atoms with E-state index in [1.165, 1.54) is 0 Å². The highest BCUT2D eigenvalue weighted by Gasteiger charge is 2.59. The summed E-state index contributed by atoms with van der Waals surface area (Å²) in [6.07, 6.45) is 2.59. The number of hydrogen-bond acceptors (Lipinski definition) is 4. The van der Waals surface area contributed by atoms with Gasteiger partial charge in [0.2, 0.25) is 0 Å². The van der Waals surface area contributed by atoms with Crippen molar-refractivity contribution in [1.29, 1.82) is 0 Å². The van der Waals surface area contributed by atoms with Crippen LogP contribution in [0.4, 0.5) is 0 Å². The number of fused-ring (bicyclic) bond motifs is 2. The number of carboxylic acid groups (broad SMARTS) is 1. The molecule has 5 nitrogen and oxygen atoms in total. The van der Waals surface area contributed by atoms with Gasteiger partial charge in [0, 0.05) is 18.0 Å². The molecule has 3 rings (SSSR count). The van der Waals surface area contributed by atoms with E-state index >= 15 is 0 Å². The lowest BCUT2D eigenvalue weighted by Crippen LogP contribution is -2.61. The average Bonchev–Trinajstić information content (AvgIpc) is 2.76. The zero-order chi connectivity index (χ0) is 16.6. The Labute approximate surface area is 136 Å². The van der Waals surface area contributed by atoms with Crippen LogP contribution in [0.1, 0.15) is 43.0 Å². The number of hydrogen-bond donors (Lipinski definition) is 1. The third kappa shape index (κ3) is 2.53. The van der Waals surface area contributed by atoms with Crippen LogP contribution in [0.2, 0.25) is 0 Å². The summed E-state index contributed by atoms with van der Waals surface area (Å²) in [6.45, 7) is 2.02. The summed E-state index contributed by atoms with van der Waals surface area (Å²) in [4.78, 5) is 26.5. The fraction of sp³-hybridized carbons (Fsp3) is 0.556. The quantitative estimate of drug-likeness (QED) is 0.865. The van der Waals surface area contributed by atoms with Gasteiger partial charge in [-0.15, -0.1) is 0 Å². The molecule has 1 aromatic carbocycles. The maximum atomic E-state index is 12.4. The van der Waals surface area contributed by atoms with Gasteiger partial charge in [-0.2, -0.15) is 0 Å². The Hall–Kier alpha value is -1.88. The van der Waals surface area contributed by atoms with Gasteiger partial charge in [0.1, 0.15) is 12.0 Å². The second kappa shape index (κ2) is 5.96. The third-order valence-corrected chi connectivity index (χ3v) is 5.76. The summed E-state index contributed by atoms with van der Waals surface area (Å²) in [5.41, 5.74) is 0.0598. The Bertz CT molecular complexity index is 602. The first-order valence-electron chi connectivity index (χ1n) is 8.21. The molecule has 0 radical (unpaired) electrons. The lowest BCUT2D eigenvalue weighted by molar-refractivity contribution is -0.160. The van der Waals surface area contributed by atoms with Crippen LogP contribution in [-0.4, -0.2) is 46.7 Å². The largest absolute Gasteiger partial charge is 0.481 e. The number of nitrogens with zero attached hydrogens (tertiary/aromatic N) is 1. The summed E-state index contributed by atoms with van der Waals surface area (Å²) in [7, 11) is 2.01. The maximum Gasteiger partial charge on any atom is 0.338 e. The number of rotatable bonds is 4. The highest BCUT2D eigenvalue weighted by atomic mass is 16.5.